The Hall–Kier alpha value is -2.78. The van der Waals surface area contributed by atoms with Crippen LogP contribution in [0.4, 0.5) is 0 Å². The number of para-hydroxylation sites is 1. The summed E-state index contributed by atoms with van der Waals surface area (Å²) in [6.07, 6.45) is 0. The number of hydrogen-bond donors (Lipinski definition) is 2. The summed E-state index contributed by atoms with van der Waals surface area (Å²) in [4.78, 5) is 16.6. The second-order valence-corrected chi connectivity index (χ2v) is 7.12. The molecule has 0 aliphatic carbocycles. The number of nitrogens with zero attached hydrogens (tertiary/aromatic N) is 4. The van der Waals surface area contributed by atoms with E-state index in [0.717, 1.165) is 14.6 Å². The number of aromatic amines is 1. The third kappa shape index (κ3) is 2.74. The zero-order valence-corrected chi connectivity index (χ0v) is 13.6. The van der Waals surface area contributed by atoms with Gasteiger partial charge in [-0.15, -0.1) is 21.5 Å². The van der Waals surface area contributed by atoms with Gasteiger partial charge >= 0.3 is 5.97 Å². The van der Waals surface area contributed by atoms with E-state index in [9.17, 15) is 9.90 Å². The molecule has 24 heavy (non-hydrogen) atoms. The van der Waals surface area contributed by atoms with E-state index < -0.39 is 5.97 Å². The summed E-state index contributed by atoms with van der Waals surface area (Å²) in [6, 6.07) is 12.8. The second kappa shape index (κ2) is 6.02. The molecule has 0 aliphatic rings. The zero-order chi connectivity index (χ0) is 16.5. The minimum Gasteiger partial charge on any atom is -0.478 e. The molecule has 118 valence electrons. The third-order valence-corrected chi connectivity index (χ3v) is 5.44. The summed E-state index contributed by atoms with van der Waals surface area (Å²) in [5.74, 6) is -0.573. The van der Waals surface area contributed by atoms with Gasteiger partial charge in [-0.05, 0) is 29.5 Å². The topological polar surface area (TPSA) is 105 Å². The molecule has 0 unspecified atom stereocenters. The SMILES string of the molecule is O=C(O)c1ccc(-c2nn[nH]n2)cc1Sc1nc2ccccc2s1. The van der Waals surface area contributed by atoms with Crippen molar-refractivity contribution in [3.05, 3.63) is 48.0 Å². The molecule has 0 radical (unpaired) electrons. The molecule has 0 saturated heterocycles. The number of rotatable bonds is 4. The van der Waals surface area contributed by atoms with Gasteiger partial charge in [-0.3, -0.25) is 0 Å². The number of carboxylic acids is 1. The minimum atomic E-state index is -0.988. The van der Waals surface area contributed by atoms with E-state index in [0.29, 0.717) is 16.3 Å². The average Bonchev–Trinajstić information content (AvgIpc) is 3.23. The molecule has 2 aromatic carbocycles. The zero-order valence-electron chi connectivity index (χ0n) is 12.0. The molecular formula is C15H9N5O2S2. The molecule has 0 spiro atoms. The van der Waals surface area contributed by atoms with Crippen molar-refractivity contribution in [1.82, 2.24) is 25.6 Å². The molecule has 4 rings (SSSR count). The highest BCUT2D eigenvalue weighted by Crippen LogP contribution is 2.37. The fraction of sp³-hybridized carbons (Fsp3) is 0. The fourth-order valence-electron chi connectivity index (χ4n) is 2.20. The fourth-order valence-corrected chi connectivity index (χ4v) is 4.38. The van der Waals surface area contributed by atoms with Gasteiger partial charge in [-0.25, -0.2) is 9.78 Å². The molecule has 2 heterocycles. The summed E-state index contributed by atoms with van der Waals surface area (Å²) in [5.41, 5.74) is 1.81. The van der Waals surface area contributed by atoms with Gasteiger partial charge in [-0.2, -0.15) is 5.21 Å². The Balaban J connectivity index is 1.77. The quantitative estimate of drug-likeness (QED) is 0.578. The van der Waals surface area contributed by atoms with E-state index in [4.69, 9.17) is 0 Å². The lowest BCUT2D eigenvalue weighted by atomic mass is 10.1. The lowest BCUT2D eigenvalue weighted by Crippen LogP contribution is -1.99. The Morgan fingerprint density at radius 3 is 2.83 bits per heavy atom. The van der Waals surface area contributed by atoms with Crippen LogP contribution < -0.4 is 0 Å². The van der Waals surface area contributed by atoms with Crippen molar-refractivity contribution in [2.75, 3.05) is 0 Å². The van der Waals surface area contributed by atoms with Crippen molar-refractivity contribution in [2.24, 2.45) is 0 Å². The highest BCUT2D eigenvalue weighted by molar-refractivity contribution is 8.01. The molecule has 0 bridgehead atoms. The maximum absolute atomic E-state index is 11.5. The van der Waals surface area contributed by atoms with E-state index in [1.807, 2.05) is 24.3 Å². The first-order valence-corrected chi connectivity index (χ1v) is 8.48. The van der Waals surface area contributed by atoms with Crippen LogP contribution in [-0.2, 0) is 0 Å². The highest BCUT2D eigenvalue weighted by atomic mass is 32.2. The summed E-state index contributed by atoms with van der Waals surface area (Å²) in [6.45, 7) is 0. The average molecular weight is 355 g/mol. The molecule has 2 N–H and O–H groups in total. The molecule has 7 nitrogen and oxygen atoms in total. The van der Waals surface area contributed by atoms with Crippen LogP contribution in [0.3, 0.4) is 0 Å². The standard InChI is InChI=1S/C15H9N5O2S2/c21-14(22)9-6-5-8(13-17-19-20-18-13)7-12(9)24-15-16-10-3-1-2-4-11(10)23-15/h1-7H,(H,21,22)(H,17,18,19,20). The number of aromatic carboxylic acids is 1. The largest absolute Gasteiger partial charge is 0.478 e. The van der Waals surface area contributed by atoms with Crippen molar-refractivity contribution >= 4 is 39.3 Å². The molecule has 0 saturated carbocycles. The monoisotopic (exact) mass is 355 g/mol. The Bertz CT molecular complexity index is 996. The van der Waals surface area contributed by atoms with Crippen LogP contribution in [0.2, 0.25) is 0 Å². The van der Waals surface area contributed by atoms with Crippen molar-refractivity contribution in [3.63, 3.8) is 0 Å². The second-order valence-electron chi connectivity index (χ2n) is 4.80. The van der Waals surface area contributed by atoms with E-state index in [1.54, 1.807) is 18.2 Å². The van der Waals surface area contributed by atoms with Gasteiger partial charge in [0.25, 0.3) is 0 Å². The number of aromatic nitrogens is 5. The summed E-state index contributed by atoms with van der Waals surface area (Å²) in [7, 11) is 0. The first-order valence-electron chi connectivity index (χ1n) is 6.85. The van der Waals surface area contributed by atoms with Crippen LogP contribution in [0.5, 0.6) is 0 Å². The lowest BCUT2D eigenvalue weighted by molar-refractivity contribution is 0.0693. The van der Waals surface area contributed by atoms with E-state index in [-0.39, 0.29) is 5.56 Å². The lowest BCUT2D eigenvalue weighted by Gasteiger charge is -2.05. The van der Waals surface area contributed by atoms with Crippen molar-refractivity contribution in [2.45, 2.75) is 9.24 Å². The van der Waals surface area contributed by atoms with Gasteiger partial charge in [0, 0.05) is 10.5 Å². The summed E-state index contributed by atoms with van der Waals surface area (Å²) in [5, 5.41) is 23.2. The highest BCUT2D eigenvalue weighted by Gasteiger charge is 2.16. The number of carbonyl (C=O) groups is 1. The van der Waals surface area contributed by atoms with Crippen LogP contribution >= 0.6 is 23.1 Å². The Morgan fingerprint density at radius 2 is 2.08 bits per heavy atom. The Labute approximate surface area is 143 Å². The maximum atomic E-state index is 11.5. The molecule has 0 amide bonds. The molecule has 0 fully saturated rings. The van der Waals surface area contributed by atoms with E-state index in [1.165, 1.54) is 23.1 Å². The normalized spacial score (nSPS) is 11.0. The molecule has 0 aliphatic heterocycles. The van der Waals surface area contributed by atoms with Gasteiger partial charge < -0.3 is 5.11 Å². The predicted octanol–water partition coefficient (Wildman–Crippen LogP) is 3.33. The van der Waals surface area contributed by atoms with Gasteiger partial charge in [-0.1, -0.05) is 30.0 Å². The predicted molar refractivity (Wildman–Crippen MR) is 90.3 cm³/mol. The van der Waals surface area contributed by atoms with Crippen molar-refractivity contribution in [1.29, 1.82) is 0 Å². The van der Waals surface area contributed by atoms with Gasteiger partial charge in [0.1, 0.15) is 0 Å². The third-order valence-electron chi connectivity index (χ3n) is 3.29. The van der Waals surface area contributed by atoms with Crippen LogP contribution in [-0.4, -0.2) is 36.7 Å². The molecular weight excluding hydrogens is 346 g/mol. The van der Waals surface area contributed by atoms with Gasteiger partial charge in [0.05, 0.1) is 15.8 Å². The first-order chi connectivity index (χ1) is 11.7. The van der Waals surface area contributed by atoms with Crippen molar-refractivity contribution < 1.29 is 9.90 Å². The Morgan fingerprint density at radius 1 is 1.21 bits per heavy atom. The maximum Gasteiger partial charge on any atom is 0.336 e. The first kappa shape index (κ1) is 14.8. The van der Waals surface area contributed by atoms with Crippen molar-refractivity contribution in [3.8, 4) is 11.4 Å². The van der Waals surface area contributed by atoms with Gasteiger partial charge in [0.2, 0.25) is 5.82 Å². The Kier molecular flexibility index (Phi) is 3.71. The number of carboxylic acid groups (broad SMARTS) is 1. The summed E-state index contributed by atoms with van der Waals surface area (Å²) < 4.78 is 1.84. The number of hydrogen-bond acceptors (Lipinski definition) is 7. The number of tetrazole rings is 1. The molecule has 0 atom stereocenters. The van der Waals surface area contributed by atoms with Crippen LogP contribution in [0, 0.1) is 0 Å². The molecule has 9 heteroatoms. The van der Waals surface area contributed by atoms with E-state index in [2.05, 4.69) is 25.6 Å². The molecule has 4 aromatic rings. The number of thiazole rings is 1. The molecule has 2 aromatic heterocycles. The number of benzene rings is 2. The minimum absolute atomic E-state index is 0.214. The summed E-state index contributed by atoms with van der Waals surface area (Å²) >= 11 is 2.85. The van der Waals surface area contributed by atoms with E-state index >= 15 is 0 Å². The van der Waals surface area contributed by atoms with Gasteiger partial charge in [0.15, 0.2) is 4.34 Å². The number of nitrogens with one attached hydrogen (secondary N) is 1. The number of fused-ring (bicyclic) bond motifs is 1. The number of H-pyrrole nitrogens is 1. The van der Waals surface area contributed by atoms with Crippen LogP contribution in [0.15, 0.2) is 51.7 Å². The smallest absolute Gasteiger partial charge is 0.336 e. The van der Waals surface area contributed by atoms with Crippen LogP contribution in [0.25, 0.3) is 21.6 Å². The van der Waals surface area contributed by atoms with Crippen LogP contribution in [0.1, 0.15) is 10.4 Å².